The van der Waals surface area contributed by atoms with Crippen LogP contribution in [0.15, 0.2) is 12.4 Å². The summed E-state index contributed by atoms with van der Waals surface area (Å²) in [6, 6.07) is 2.73. The maximum Gasteiger partial charge on any atom is 0.134 e. The second kappa shape index (κ2) is 6.57. The van der Waals surface area contributed by atoms with E-state index >= 15 is 0 Å². The van der Waals surface area contributed by atoms with Crippen molar-refractivity contribution in [3.63, 3.8) is 0 Å². The maximum absolute atomic E-state index is 4.44. The van der Waals surface area contributed by atoms with E-state index < -0.39 is 0 Å². The zero-order valence-electron chi connectivity index (χ0n) is 11.5. The third kappa shape index (κ3) is 3.12. The smallest absolute Gasteiger partial charge is 0.134 e. The van der Waals surface area contributed by atoms with Crippen LogP contribution < -0.4 is 10.2 Å². The Bertz CT molecular complexity index is 367. The Labute approximate surface area is 110 Å². The summed E-state index contributed by atoms with van der Waals surface area (Å²) in [5.41, 5.74) is 0. The molecule has 100 valence electrons. The lowest BCUT2D eigenvalue weighted by molar-refractivity contribution is 0.446. The van der Waals surface area contributed by atoms with Gasteiger partial charge in [0.2, 0.25) is 0 Å². The fourth-order valence-corrected chi connectivity index (χ4v) is 2.58. The highest BCUT2D eigenvalue weighted by Gasteiger charge is 2.22. The van der Waals surface area contributed by atoms with Gasteiger partial charge in [-0.3, -0.25) is 0 Å². The van der Waals surface area contributed by atoms with Crippen LogP contribution in [0.1, 0.15) is 46.0 Å². The molecular formula is C14H24N4. The Hall–Kier alpha value is -1.32. The quantitative estimate of drug-likeness (QED) is 0.869. The SMILES string of the molecule is CCCNc1cc(N2CCCCC2CC)ncn1. The number of aromatic nitrogens is 2. The lowest BCUT2D eigenvalue weighted by atomic mass is 10.0. The minimum atomic E-state index is 0.646. The van der Waals surface area contributed by atoms with Gasteiger partial charge in [-0.25, -0.2) is 9.97 Å². The Balaban J connectivity index is 2.10. The molecule has 1 saturated heterocycles. The van der Waals surface area contributed by atoms with E-state index in [1.807, 2.05) is 0 Å². The maximum atomic E-state index is 4.44. The van der Waals surface area contributed by atoms with Crippen molar-refractivity contribution in [3.05, 3.63) is 12.4 Å². The summed E-state index contributed by atoms with van der Waals surface area (Å²) in [5.74, 6) is 2.03. The summed E-state index contributed by atoms with van der Waals surface area (Å²) in [6.07, 6.45) is 7.90. The molecule has 4 heteroatoms. The molecule has 0 aliphatic carbocycles. The van der Waals surface area contributed by atoms with Crippen molar-refractivity contribution in [2.75, 3.05) is 23.3 Å². The van der Waals surface area contributed by atoms with Gasteiger partial charge in [0.1, 0.15) is 18.0 Å². The highest BCUT2D eigenvalue weighted by atomic mass is 15.2. The summed E-state index contributed by atoms with van der Waals surface area (Å²) in [7, 11) is 0. The summed E-state index contributed by atoms with van der Waals surface area (Å²) in [4.78, 5) is 11.2. The number of nitrogens with zero attached hydrogens (tertiary/aromatic N) is 3. The number of hydrogen-bond acceptors (Lipinski definition) is 4. The second-order valence-corrected chi connectivity index (χ2v) is 4.94. The number of piperidine rings is 1. The summed E-state index contributed by atoms with van der Waals surface area (Å²) in [5, 5.41) is 3.33. The van der Waals surface area contributed by atoms with Gasteiger partial charge in [0.25, 0.3) is 0 Å². The van der Waals surface area contributed by atoms with E-state index in [0.29, 0.717) is 6.04 Å². The van der Waals surface area contributed by atoms with Gasteiger partial charge in [0.05, 0.1) is 0 Å². The normalized spacial score (nSPS) is 19.9. The van der Waals surface area contributed by atoms with Crippen molar-refractivity contribution in [2.24, 2.45) is 0 Å². The highest BCUT2D eigenvalue weighted by molar-refractivity contribution is 5.49. The zero-order valence-corrected chi connectivity index (χ0v) is 11.5. The molecule has 1 atom stereocenters. The predicted molar refractivity (Wildman–Crippen MR) is 76.1 cm³/mol. The van der Waals surface area contributed by atoms with E-state index in [1.54, 1.807) is 6.33 Å². The van der Waals surface area contributed by atoms with Crippen LogP contribution >= 0.6 is 0 Å². The molecule has 2 rings (SSSR count). The number of hydrogen-bond donors (Lipinski definition) is 1. The molecule has 0 bridgehead atoms. The molecule has 0 amide bonds. The molecule has 18 heavy (non-hydrogen) atoms. The number of anilines is 2. The molecular weight excluding hydrogens is 224 g/mol. The lowest BCUT2D eigenvalue weighted by Crippen LogP contribution is -2.39. The average molecular weight is 248 g/mol. The fourth-order valence-electron chi connectivity index (χ4n) is 2.58. The van der Waals surface area contributed by atoms with Crippen molar-refractivity contribution < 1.29 is 0 Å². The van der Waals surface area contributed by atoms with Gasteiger partial charge < -0.3 is 10.2 Å². The molecule has 2 heterocycles. The van der Waals surface area contributed by atoms with E-state index in [4.69, 9.17) is 0 Å². The molecule has 0 spiro atoms. The van der Waals surface area contributed by atoms with Crippen LogP contribution in [0.25, 0.3) is 0 Å². The van der Waals surface area contributed by atoms with E-state index in [9.17, 15) is 0 Å². The fraction of sp³-hybridized carbons (Fsp3) is 0.714. The molecule has 0 radical (unpaired) electrons. The molecule has 1 aliphatic rings. The predicted octanol–water partition coefficient (Wildman–Crippen LogP) is 3.07. The van der Waals surface area contributed by atoms with Gasteiger partial charge in [-0.15, -0.1) is 0 Å². The summed E-state index contributed by atoms with van der Waals surface area (Å²) >= 11 is 0. The van der Waals surface area contributed by atoms with Crippen LogP contribution in [-0.4, -0.2) is 29.1 Å². The van der Waals surface area contributed by atoms with Crippen LogP contribution in [0.4, 0.5) is 11.6 Å². The first-order valence-electron chi connectivity index (χ1n) is 7.17. The Morgan fingerprint density at radius 1 is 1.33 bits per heavy atom. The largest absolute Gasteiger partial charge is 0.370 e. The van der Waals surface area contributed by atoms with Crippen LogP contribution in [0.2, 0.25) is 0 Å². The van der Waals surface area contributed by atoms with Crippen LogP contribution in [0.3, 0.4) is 0 Å². The van der Waals surface area contributed by atoms with Crippen LogP contribution in [-0.2, 0) is 0 Å². The van der Waals surface area contributed by atoms with E-state index in [0.717, 1.165) is 31.1 Å². The lowest BCUT2D eigenvalue weighted by Gasteiger charge is -2.36. The monoisotopic (exact) mass is 248 g/mol. The van der Waals surface area contributed by atoms with Crippen molar-refractivity contribution in [2.45, 2.75) is 52.0 Å². The second-order valence-electron chi connectivity index (χ2n) is 4.94. The number of nitrogens with one attached hydrogen (secondary N) is 1. The minimum absolute atomic E-state index is 0.646. The van der Waals surface area contributed by atoms with Crippen molar-refractivity contribution in [1.29, 1.82) is 0 Å². The first-order chi connectivity index (χ1) is 8.85. The van der Waals surface area contributed by atoms with E-state index in [2.05, 4.69) is 40.1 Å². The summed E-state index contributed by atoms with van der Waals surface area (Å²) in [6.45, 7) is 6.52. The zero-order chi connectivity index (χ0) is 12.8. The van der Waals surface area contributed by atoms with Gasteiger partial charge >= 0.3 is 0 Å². The molecule has 0 aromatic carbocycles. The van der Waals surface area contributed by atoms with Crippen LogP contribution in [0, 0.1) is 0 Å². The van der Waals surface area contributed by atoms with Gasteiger partial charge in [-0.1, -0.05) is 13.8 Å². The number of rotatable bonds is 5. The first-order valence-corrected chi connectivity index (χ1v) is 7.17. The van der Waals surface area contributed by atoms with Gasteiger partial charge in [-0.05, 0) is 32.1 Å². The van der Waals surface area contributed by atoms with Gasteiger partial charge in [0.15, 0.2) is 0 Å². The minimum Gasteiger partial charge on any atom is -0.370 e. The Kier molecular flexibility index (Phi) is 4.79. The molecule has 1 aliphatic heterocycles. The van der Waals surface area contributed by atoms with E-state index in [-0.39, 0.29) is 0 Å². The topological polar surface area (TPSA) is 41.0 Å². The average Bonchev–Trinajstić information content (AvgIpc) is 2.45. The third-order valence-corrected chi connectivity index (χ3v) is 3.60. The Morgan fingerprint density at radius 3 is 3.00 bits per heavy atom. The molecule has 1 N–H and O–H groups in total. The molecule has 1 fully saturated rings. The van der Waals surface area contributed by atoms with E-state index in [1.165, 1.54) is 25.7 Å². The van der Waals surface area contributed by atoms with Gasteiger partial charge in [0, 0.05) is 25.2 Å². The third-order valence-electron chi connectivity index (χ3n) is 3.60. The van der Waals surface area contributed by atoms with Crippen LogP contribution in [0.5, 0.6) is 0 Å². The van der Waals surface area contributed by atoms with Crippen molar-refractivity contribution in [3.8, 4) is 0 Å². The van der Waals surface area contributed by atoms with Gasteiger partial charge in [-0.2, -0.15) is 0 Å². The molecule has 0 saturated carbocycles. The summed E-state index contributed by atoms with van der Waals surface area (Å²) < 4.78 is 0. The highest BCUT2D eigenvalue weighted by Crippen LogP contribution is 2.25. The molecule has 4 nitrogen and oxygen atoms in total. The van der Waals surface area contributed by atoms with Crippen molar-refractivity contribution >= 4 is 11.6 Å². The molecule has 1 aromatic rings. The van der Waals surface area contributed by atoms with Crippen molar-refractivity contribution in [1.82, 2.24) is 9.97 Å². The molecule has 1 unspecified atom stereocenters. The molecule has 1 aromatic heterocycles. The Morgan fingerprint density at radius 2 is 2.22 bits per heavy atom. The first kappa shape index (κ1) is 13.1. The standard InChI is InChI=1S/C14H24N4/c1-3-8-15-13-10-14(17-11-16-13)18-9-6-5-7-12(18)4-2/h10-12H,3-9H2,1-2H3,(H,15,16,17).